The van der Waals surface area contributed by atoms with Crippen molar-refractivity contribution in [2.24, 2.45) is 0 Å². The van der Waals surface area contributed by atoms with E-state index in [4.69, 9.17) is 11.6 Å². The largest absolute Gasteiger partial charge is 0.268 e. The summed E-state index contributed by atoms with van der Waals surface area (Å²) in [5.41, 5.74) is 0.265. The Labute approximate surface area is 108 Å². The van der Waals surface area contributed by atoms with Crippen LogP contribution in [0.2, 0.25) is 5.02 Å². The minimum Gasteiger partial charge on any atom is -0.268 e. The summed E-state index contributed by atoms with van der Waals surface area (Å²) in [6, 6.07) is 6.76. The van der Waals surface area contributed by atoms with Crippen molar-refractivity contribution in [1.82, 2.24) is 10.2 Å². The van der Waals surface area contributed by atoms with E-state index in [9.17, 15) is 13.2 Å². The number of nitrogens with one attached hydrogen (secondary N) is 1. The van der Waals surface area contributed by atoms with Crippen molar-refractivity contribution in [3.05, 3.63) is 51.3 Å². The van der Waals surface area contributed by atoms with Gasteiger partial charge in [-0.2, -0.15) is 5.10 Å². The van der Waals surface area contributed by atoms with E-state index in [1.165, 1.54) is 12.1 Å². The quantitative estimate of drug-likeness (QED) is 0.907. The Morgan fingerprint density at radius 1 is 1.22 bits per heavy atom. The molecular weight excluding hydrogens is 276 g/mol. The number of halogens is 1. The molecule has 0 unspecified atom stereocenters. The molecule has 0 saturated heterocycles. The molecule has 0 amide bonds. The van der Waals surface area contributed by atoms with Gasteiger partial charge >= 0.3 is 0 Å². The molecule has 0 atom stereocenters. The second kappa shape index (κ2) is 4.55. The van der Waals surface area contributed by atoms with E-state index in [1.54, 1.807) is 13.0 Å². The zero-order valence-corrected chi connectivity index (χ0v) is 10.9. The number of nitrogens with zero attached hydrogens (tertiary/aromatic N) is 1. The van der Waals surface area contributed by atoms with Crippen LogP contribution in [-0.4, -0.2) is 18.6 Å². The standard InChI is InChI=1S/C11H9ClN2O3S/c1-7-4-8(12)6-9(5-7)18(16,17)11-3-2-10(15)13-14-11/h2-6H,1H3,(H,13,15). The average molecular weight is 285 g/mol. The van der Waals surface area contributed by atoms with Crippen molar-refractivity contribution in [2.75, 3.05) is 0 Å². The Morgan fingerprint density at radius 2 is 1.94 bits per heavy atom. The van der Waals surface area contributed by atoms with Crippen molar-refractivity contribution in [3.8, 4) is 0 Å². The molecule has 2 rings (SSSR count). The predicted molar refractivity (Wildman–Crippen MR) is 66.5 cm³/mol. The Kier molecular flexibility index (Phi) is 3.23. The molecule has 2 aromatic rings. The SMILES string of the molecule is Cc1cc(Cl)cc(S(=O)(=O)c2ccc(=O)[nH]n2)c1. The van der Waals surface area contributed by atoms with Gasteiger partial charge in [-0.25, -0.2) is 13.5 Å². The van der Waals surface area contributed by atoms with E-state index in [1.807, 2.05) is 0 Å². The smallest absolute Gasteiger partial charge is 0.264 e. The Balaban J connectivity index is 2.61. The van der Waals surface area contributed by atoms with Crippen LogP contribution in [0.15, 0.2) is 45.0 Å². The maximum atomic E-state index is 12.2. The third-order valence-electron chi connectivity index (χ3n) is 2.25. The molecule has 18 heavy (non-hydrogen) atoms. The highest BCUT2D eigenvalue weighted by Gasteiger charge is 2.20. The minimum atomic E-state index is -3.77. The maximum absolute atomic E-state index is 12.2. The van der Waals surface area contributed by atoms with Gasteiger partial charge in [0.25, 0.3) is 5.56 Å². The van der Waals surface area contributed by atoms with Crippen LogP contribution in [-0.2, 0) is 9.84 Å². The first kappa shape index (κ1) is 12.8. The number of hydrogen-bond donors (Lipinski definition) is 1. The first-order valence-electron chi connectivity index (χ1n) is 4.97. The van der Waals surface area contributed by atoms with Crippen LogP contribution in [0, 0.1) is 6.92 Å². The molecule has 0 saturated carbocycles. The number of sulfone groups is 1. The predicted octanol–water partition coefficient (Wildman–Crippen LogP) is 1.56. The summed E-state index contributed by atoms with van der Waals surface area (Å²) in [6.07, 6.45) is 0. The fourth-order valence-electron chi connectivity index (χ4n) is 1.46. The van der Waals surface area contributed by atoms with E-state index in [0.717, 1.165) is 17.7 Å². The van der Waals surface area contributed by atoms with E-state index >= 15 is 0 Å². The lowest BCUT2D eigenvalue weighted by molar-refractivity contribution is 0.589. The highest BCUT2D eigenvalue weighted by molar-refractivity contribution is 7.91. The third-order valence-corrected chi connectivity index (χ3v) is 4.11. The first-order valence-corrected chi connectivity index (χ1v) is 6.84. The van der Waals surface area contributed by atoms with Gasteiger partial charge in [-0.3, -0.25) is 4.79 Å². The third kappa shape index (κ3) is 2.44. The Bertz CT molecular complexity index is 712. The zero-order valence-electron chi connectivity index (χ0n) is 9.34. The van der Waals surface area contributed by atoms with Gasteiger partial charge in [0.2, 0.25) is 9.84 Å². The van der Waals surface area contributed by atoms with Gasteiger partial charge in [0.05, 0.1) is 4.90 Å². The number of benzene rings is 1. The van der Waals surface area contributed by atoms with Crippen LogP contribution in [0.5, 0.6) is 0 Å². The van der Waals surface area contributed by atoms with Gasteiger partial charge in [0, 0.05) is 11.1 Å². The average Bonchev–Trinajstić information content (AvgIpc) is 2.28. The Morgan fingerprint density at radius 3 is 2.50 bits per heavy atom. The summed E-state index contributed by atoms with van der Waals surface area (Å²) < 4.78 is 24.4. The summed E-state index contributed by atoms with van der Waals surface area (Å²) in [5.74, 6) is 0. The molecule has 0 spiro atoms. The number of aryl methyl sites for hydroxylation is 1. The van der Waals surface area contributed by atoms with Crippen LogP contribution in [0.4, 0.5) is 0 Å². The van der Waals surface area contributed by atoms with Crippen molar-refractivity contribution < 1.29 is 8.42 Å². The maximum Gasteiger partial charge on any atom is 0.264 e. The molecule has 0 bridgehead atoms. The number of aromatic nitrogens is 2. The summed E-state index contributed by atoms with van der Waals surface area (Å²) in [4.78, 5) is 10.9. The molecule has 0 radical (unpaired) electrons. The van der Waals surface area contributed by atoms with Gasteiger partial charge in [0.1, 0.15) is 0 Å². The van der Waals surface area contributed by atoms with Crippen molar-refractivity contribution in [3.63, 3.8) is 0 Å². The van der Waals surface area contributed by atoms with E-state index < -0.39 is 15.4 Å². The molecule has 1 heterocycles. The van der Waals surface area contributed by atoms with Crippen molar-refractivity contribution in [1.29, 1.82) is 0 Å². The molecule has 0 aliphatic rings. The van der Waals surface area contributed by atoms with Gasteiger partial charge in [0.15, 0.2) is 5.03 Å². The van der Waals surface area contributed by atoms with Crippen LogP contribution < -0.4 is 5.56 Å². The van der Waals surface area contributed by atoms with Crippen LogP contribution >= 0.6 is 11.6 Å². The fraction of sp³-hybridized carbons (Fsp3) is 0.0909. The van der Waals surface area contributed by atoms with Gasteiger partial charge in [-0.15, -0.1) is 0 Å². The van der Waals surface area contributed by atoms with E-state index in [-0.39, 0.29) is 9.92 Å². The molecule has 94 valence electrons. The number of aromatic amines is 1. The summed E-state index contributed by atoms with van der Waals surface area (Å²) >= 11 is 5.83. The lowest BCUT2D eigenvalue weighted by atomic mass is 10.2. The van der Waals surface area contributed by atoms with Gasteiger partial charge in [-0.05, 0) is 36.8 Å². The molecule has 1 N–H and O–H groups in total. The monoisotopic (exact) mass is 284 g/mol. The van der Waals surface area contributed by atoms with Crippen LogP contribution in [0.1, 0.15) is 5.56 Å². The molecule has 7 heteroatoms. The normalized spacial score (nSPS) is 11.4. The summed E-state index contributed by atoms with van der Waals surface area (Å²) in [6.45, 7) is 1.74. The molecular formula is C11H9ClN2O3S. The topological polar surface area (TPSA) is 79.9 Å². The second-order valence-electron chi connectivity index (χ2n) is 3.73. The van der Waals surface area contributed by atoms with E-state index in [0.29, 0.717) is 5.02 Å². The number of rotatable bonds is 2. The molecule has 1 aromatic heterocycles. The molecule has 0 aliphatic carbocycles. The van der Waals surface area contributed by atoms with E-state index in [2.05, 4.69) is 10.2 Å². The zero-order chi connectivity index (χ0) is 13.3. The van der Waals surface area contributed by atoms with Crippen molar-refractivity contribution in [2.45, 2.75) is 16.8 Å². The summed E-state index contributed by atoms with van der Waals surface area (Å²) in [7, 11) is -3.77. The fourth-order valence-corrected chi connectivity index (χ4v) is 3.09. The highest BCUT2D eigenvalue weighted by atomic mass is 35.5. The number of H-pyrrole nitrogens is 1. The molecule has 0 aliphatic heterocycles. The van der Waals surface area contributed by atoms with Gasteiger partial charge in [-0.1, -0.05) is 11.6 Å². The lowest BCUT2D eigenvalue weighted by Crippen LogP contribution is -2.12. The molecule has 0 fully saturated rings. The van der Waals surface area contributed by atoms with Crippen molar-refractivity contribution >= 4 is 21.4 Å². The highest BCUT2D eigenvalue weighted by Crippen LogP contribution is 2.23. The van der Waals surface area contributed by atoms with Gasteiger partial charge < -0.3 is 0 Å². The first-order chi connectivity index (χ1) is 8.39. The Hall–Kier alpha value is -1.66. The lowest BCUT2D eigenvalue weighted by Gasteiger charge is -2.04. The summed E-state index contributed by atoms with van der Waals surface area (Å²) in [5, 5.41) is 5.72. The number of hydrogen-bond acceptors (Lipinski definition) is 4. The molecule has 5 nitrogen and oxygen atoms in total. The van der Waals surface area contributed by atoms with Crippen LogP contribution in [0.25, 0.3) is 0 Å². The molecule has 1 aromatic carbocycles. The minimum absolute atomic E-state index is 0.0482. The second-order valence-corrected chi connectivity index (χ2v) is 6.06. The van der Waals surface area contributed by atoms with Crippen LogP contribution in [0.3, 0.4) is 0 Å².